The second-order valence-electron chi connectivity index (χ2n) is 3.25. The molecule has 0 aliphatic heterocycles. The molecule has 0 aromatic rings. The van der Waals surface area contributed by atoms with E-state index in [1.807, 2.05) is 0 Å². The van der Waals surface area contributed by atoms with Gasteiger partial charge >= 0.3 is 83.8 Å². The Balaban J connectivity index is 0.00000121. The first-order chi connectivity index (χ1) is 5.09. The van der Waals surface area contributed by atoms with Crippen LogP contribution < -0.4 is 0 Å². The molecule has 1 heteroatoms. The molecule has 1 aliphatic carbocycles. The van der Waals surface area contributed by atoms with E-state index in [4.69, 9.17) is 0 Å². The molecular weight excluding hydrogens is 211 g/mol. The van der Waals surface area contributed by atoms with Gasteiger partial charge in [-0.2, -0.15) is 0 Å². The van der Waals surface area contributed by atoms with Gasteiger partial charge in [0.2, 0.25) is 0 Å². The summed E-state index contributed by atoms with van der Waals surface area (Å²) in [5, 5.41) is 0. The normalized spacial score (nSPS) is 24.8. The van der Waals surface area contributed by atoms with Crippen molar-refractivity contribution in [1.29, 1.82) is 0 Å². The van der Waals surface area contributed by atoms with Crippen molar-refractivity contribution in [3.05, 3.63) is 22.3 Å². The Labute approximate surface area is 85.2 Å². The Hall–Kier alpha value is 0.233. The predicted molar refractivity (Wildman–Crippen MR) is 47.4 cm³/mol. The second kappa shape index (κ2) is 3.31. The van der Waals surface area contributed by atoms with Crippen LogP contribution in [0, 0.1) is 5.92 Å². The van der Waals surface area contributed by atoms with E-state index in [1.165, 1.54) is 35.4 Å². The fourth-order valence-electron chi connectivity index (χ4n) is 1.63. The third-order valence-electron chi connectivity index (χ3n) is 2.86. The summed E-state index contributed by atoms with van der Waals surface area (Å²) in [6.07, 6.45) is 0. The largest absolute Gasteiger partial charge is 1.00 e. The molecule has 0 aromatic heterocycles. The van der Waals surface area contributed by atoms with Crippen molar-refractivity contribution in [3.63, 3.8) is 0 Å². The zero-order valence-corrected chi connectivity index (χ0v) is 10.1. The monoisotopic (exact) mass is 225 g/mol. The van der Waals surface area contributed by atoms with Crippen LogP contribution in [0.15, 0.2) is 22.3 Å². The smallest absolute Gasteiger partial charge is 1.00 e. The van der Waals surface area contributed by atoms with Crippen molar-refractivity contribution in [2.75, 3.05) is 0 Å². The van der Waals surface area contributed by atoms with E-state index in [1.54, 1.807) is 11.1 Å². The van der Waals surface area contributed by atoms with Crippen LogP contribution in [-0.4, -0.2) is 3.71 Å². The molecule has 1 aliphatic rings. The van der Waals surface area contributed by atoms with Crippen LogP contribution in [0.5, 0.6) is 0 Å². The summed E-state index contributed by atoms with van der Waals surface area (Å²) in [4.78, 5) is 0. The fraction of sp³-hybridized carbons (Fsp3) is 0.500. The molecule has 0 nitrogen and oxygen atoms in total. The maximum absolute atomic E-state index is 2.33. The molecule has 0 aromatic carbocycles. The van der Waals surface area contributed by atoms with E-state index in [0.29, 0.717) is 5.92 Å². The van der Waals surface area contributed by atoms with Gasteiger partial charge in [0.05, 0.1) is 0 Å². The molecule has 0 heterocycles. The standard InChI is InChI=1S/C10H14.Zr.H/c1-6-7(2)9(4)10(5)8(6)3;;/h1,7H,2-5H3;;/q;;-1. The van der Waals surface area contributed by atoms with E-state index >= 15 is 0 Å². The molecule has 0 bridgehead atoms. The minimum absolute atomic E-state index is 0. The van der Waals surface area contributed by atoms with E-state index in [0.717, 1.165) is 0 Å². The van der Waals surface area contributed by atoms with Crippen LogP contribution in [0.4, 0.5) is 0 Å². The third kappa shape index (κ3) is 1.40. The van der Waals surface area contributed by atoms with Crippen molar-refractivity contribution in [2.45, 2.75) is 27.7 Å². The molecule has 0 fully saturated rings. The maximum Gasteiger partial charge on any atom is -1.00 e. The van der Waals surface area contributed by atoms with Crippen LogP contribution in [-0.2, 0) is 24.2 Å². The van der Waals surface area contributed by atoms with Gasteiger partial charge in [-0.1, -0.05) is 0 Å². The first kappa shape index (κ1) is 9.32. The van der Waals surface area contributed by atoms with Crippen LogP contribution >= 0.6 is 0 Å². The van der Waals surface area contributed by atoms with E-state index < -0.39 is 0 Å². The third-order valence-corrected chi connectivity index (χ3v) is 3.62. The van der Waals surface area contributed by atoms with Gasteiger partial charge in [0, 0.05) is 0 Å². The van der Waals surface area contributed by atoms with Crippen molar-refractivity contribution < 1.29 is 25.7 Å². The minimum Gasteiger partial charge on any atom is -1.00 e. The summed E-state index contributed by atoms with van der Waals surface area (Å²) in [5.74, 6) is 0.675. The quantitative estimate of drug-likeness (QED) is 0.645. The topological polar surface area (TPSA) is 0 Å². The van der Waals surface area contributed by atoms with Crippen molar-refractivity contribution in [1.82, 2.24) is 0 Å². The summed E-state index contributed by atoms with van der Waals surface area (Å²) < 4.78 is 2.33. The van der Waals surface area contributed by atoms with Gasteiger partial charge in [0.25, 0.3) is 0 Å². The van der Waals surface area contributed by atoms with Crippen LogP contribution in [0.1, 0.15) is 29.1 Å². The minimum atomic E-state index is 0. The first-order valence-electron chi connectivity index (χ1n) is 3.98. The van der Waals surface area contributed by atoms with Gasteiger partial charge in [-0.05, 0) is 0 Å². The molecule has 0 N–H and O–H groups in total. The number of hydrogen-bond donors (Lipinski definition) is 0. The van der Waals surface area contributed by atoms with Crippen molar-refractivity contribution in [3.8, 4) is 0 Å². The zero-order valence-electron chi connectivity index (χ0n) is 8.65. The zero-order chi connectivity index (χ0) is 8.59. The van der Waals surface area contributed by atoms with Gasteiger partial charge in [-0.15, -0.1) is 0 Å². The van der Waals surface area contributed by atoms with E-state index in [2.05, 4.69) is 31.4 Å². The van der Waals surface area contributed by atoms with Gasteiger partial charge in [-0.25, -0.2) is 0 Å². The van der Waals surface area contributed by atoms with Crippen molar-refractivity contribution >= 4 is 3.71 Å². The number of allylic oxidation sites excluding steroid dienone is 4. The van der Waals surface area contributed by atoms with Gasteiger partial charge < -0.3 is 1.43 Å². The molecule has 0 radical (unpaired) electrons. The molecule has 1 rings (SSSR count). The summed E-state index contributed by atoms with van der Waals surface area (Å²) in [7, 11) is 0. The molecule has 11 heavy (non-hydrogen) atoms. The molecular formula is C10H15Zr-. The van der Waals surface area contributed by atoms with E-state index in [9.17, 15) is 0 Å². The Morgan fingerprint density at radius 3 is 2.00 bits per heavy atom. The summed E-state index contributed by atoms with van der Waals surface area (Å²) in [6.45, 7) is 9.01. The molecule has 0 saturated carbocycles. The van der Waals surface area contributed by atoms with Crippen molar-refractivity contribution in [2.24, 2.45) is 5.92 Å². The van der Waals surface area contributed by atoms with Crippen LogP contribution in [0.2, 0.25) is 0 Å². The average Bonchev–Trinajstić information content (AvgIpc) is 2.17. The number of hydrogen-bond acceptors (Lipinski definition) is 0. The van der Waals surface area contributed by atoms with Crippen LogP contribution in [0.25, 0.3) is 0 Å². The second-order valence-corrected chi connectivity index (χ2v) is 3.96. The maximum atomic E-state index is 2.33. The first-order valence-corrected chi connectivity index (χ1v) is 5.40. The SMILES string of the molecule is CC1=C(C)C(C)C([CH]=[Zr])=C1C.[H-]. The van der Waals surface area contributed by atoms with Gasteiger partial charge in [-0.3, -0.25) is 0 Å². The fourth-order valence-corrected chi connectivity index (χ4v) is 2.77. The average molecular weight is 226 g/mol. The summed E-state index contributed by atoms with van der Waals surface area (Å²) in [5.41, 5.74) is 6.12. The van der Waals surface area contributed by atoms with Crippen LogP contribution in [0.3, 0.4) is 0 Å². The molecule has 60 valence electrons. The Bertz CT molecular complexity index is 261. The molecule has 1 unspecified atom stereocenters. The van der Waals surface area contributed by atoms with Gasteiger partial charge in [0.15, 0.2) is 0 Å². The Kier molecular flexibility index (Phi) is 2.81. The van der Waals surface area contributed by atoms with E-state index in [-0.39, 0.29) is 1.43 Å². The molecule has 0 saturated heterocycles. The number of rotatable bonds is 1. The molecule has 1 atom stereocenters. The molecule has 0 spiro atoms. The van der Waals surface area contributed by atoms with Gasteiger partial charge in [0.1, 0.15) is 0 Å². The Morgan fingerprint density at radius 1 is 1.27 bits per heavy atom. The molecule has 0 amide bonds. The predicted octanol–water partition coefficient (Wildman–Crippen LogP) is 2.75. The Morgan fingerprint density at radius 2 is 1.82 bits per heavy atom. The summed E-state index contributed by atoms with van der Waals surface area (Å²) in [6, 6.07) is 0. The summed E-state index contributed by atoms with van der Waals surface area (Å²) >= 11 is 1.51.